The van der Waals surface area contributed by atoms with Gasteiger partial charge in [0.1, 0.15) is 18.2 Å². The first-order valence-electron chi connectivity index (χ1n) is 6.67. The molecule has 0 atom stereocenters. The van der Waals surface area contributed by atoms with Crippen molar-refractivity contribution in [2.45, 2.75) is 11.6 Å². The Kier molecular flexibility index (Phi) is 4.10. The van der Waals surface area contributed by atoms with Gasteiger partial charge in [-0.1, -0.05) is 12.1 Å². The third kappa shape index (κ3) is 3.16. The van der Waals surface area contributed by atoms with Gasteiger partial charge in [-0.2, -0.15) is 10.2 Å². The molecule has 3 N–H and O–H groups in total. The zero-order valence-corrected chi connectivity index (χ0v) is 12.9. The molecule has 0 saturated heterocycles. The lowest BCUT2D eigenvalue weighted by atomic mass is 10.2. The van der Waals surface area contributed by atoms with Crippen molar-refractivity contribution in [1.82, 2.24) is 29.7 Å². The van der Waals surface area contributed by atoms with Crippen molar-refractivity contribution in [2.24, 2.45) is 0 Å². The Balaban J connectivity index is 1.73. The smallest absolute Gasteiger partial charge is 0.340 e. The summed E-state index contributed by atoms with van der Waals surface area (Å²) in [7, 11) is -4.02. The van der Waals surface area contributed by atoms with Crippen LogP contribution < -0.4 is 4.72 Å². The van der Waals surface area contributed by atoms with Crippen LogP contribution in [0.3, 0.4) is 0 Å². The number of nitrogens with one attached hydrogen (secondary N) is 2. The van der Waals surface area contributed by atoms with E-state index in [9.17, 15) is 13.2 Å². The number of aromatic nitrogens is 5. The number of carboxylic acid groups (broad SMARTS) is 1. The van der Waals surface area contributed by atoms with E-state index in [2.05, 4.69) is 25.0 Å². The van der Waals surface area contributed by atoms with E-state index in [4.69, 9.17) is 5.11 Å². The number of carboxylic acids is 1. The monoisotopic (exact) mass is 348 g/mol. The molecule has 0 saturated carbocycles. The molecule has 10 nitrogen and oxygen atoms in total. The molecule has 0 bridgehead atoms. The van der Waals surface area contributed by atoms with Gasteiger partial charge in [0.05, 0.1) is 11.9 Å². The third-order valence-electron chi connectivity index (χ3n) is 3.19. The van der Waals surface area contributed by atoms with Crippen LogP contribution in [0.25, 0.3) is 5.69 Å². The lowest BCUT2D eigenvalue weighted by Crippen LogP contribution is -2.25. The molecule has 124 valence electrons. The van der Waals surface area contributed by atoms with Gasteiger partial charge in [-0.3, -0.25) is 5.10 Å². The van der Waals surface area contributed by atoms with E-state index in [1.165, 1.54) is 6.33 Å². The molecule has 0 aliphatic rings. The summed E-state index contributed by atoms with van der Waals surface area (Å²) in [5.41, 5.74) is 1.06. The summed E-state index contributed by atoms with van der Waals surface area (Å²) in [5.74, 6) is -1.37. The molecule has 0 fully saturated rings. The molecule has 3 rings (SSSR count). The van der Waals surface area contributed by atoms with Crippen molar-refractivity contribution in [3.05, 3.63) is 54.2 Å². The van der Waals surface area contributed by atoms with E-state index >= 15 is 0 Å². The van der Waals surface area contributed by atoms with Gasteiger partial charge in [0, 0.05) is 6.54 Å². The van der Waals surface area contributed by atoms with Crippen molar-refractivity contribution >= 4 is 16.0 Å². The predicted molar refractivity (Wildman–Crippen MR) is 80.9 cm³/mol. The van der Waals surface area contributed by atoms with Crippen LogP contribution in [0, 0.1) is 0 Å². The van der Waals surface area contributed by atoms with Crippen LogP contribution >= 0.6 is 0 Å². The number of benzene rings is 1. The minimum Gasteiger partial charge on any atom is -0.478 e. The number of hydrogen-bond acceptors (Lipinski definition) is 6. The molecule has 0 unspecified atom stereocenters. The molecule has 0 aliphatic carbocycles. The predicted octanol–water partition coefficient (Wildman–Crippen LogP) is 0.167. The number of aromatic amines is 1. The molecule has 0 aliphatic heterocycles. The van der Waals surface area contributed by atoms with Crippen molar-refractivity contribution in [1.29, 1.82) is 0 Å². The van der Waals surface area contributed by atoms with Crippen molar-refractivity contribution in [2.75, 3.05) is 0 Å². The Morgan fingerprint density at radius 3 is 2.67 bits per heavy atom. The topological polar surface area (TPSA) is 143 Å². The summed E-state index contributed by atoms with van der Waals surface area (Å²) < 4.78 is 28.3. The van der Waals surface area contributed by atoms with E-state index in [-0.39, 0.29) is 6.54 Å². The molecule has 0 amide bonds. The summed E-state index contributed by atoms with van der Waals surface area (Å²) in [4.78, 5) is 14.8. The minimum absolute atomic E-state index is 0.00193. The molecule has 2 heterocycles. The van der Waals surface area contributed by atoms with E-state index in [1.54, 1.807) is 35.3 Å². The molecule has 11 heteroatoms. The van der Waals surface area contributed by atoms with Gasteiger partial charge in [0.15, 0.2) is 5.03 Å². The number of sulfonamides is 1. The second-order valence-electron chi connectivity index (χ2n) is 4.75. The largest absolute Gasteiger partial charge is 0.478 e. The van der Waals surface area contributed by atoms with Crippen LogP contribution in [-0.2, 0) is 16.6 Å². The molecule has 0 spiro atoms. The van der Waals surface area contributed by atoms with Crippen LogP contribution in [0.15, 0.2) is 48.1 Å². The van der Waals surface area contributed by atoms with Gasteiger partial charge in [0.2, 0.25) is 0 Å². The van der Waals surface area contributed by atoms with Crippen LogP contribution in [-0.4, -0.2) is 44.5 Å². The quantitative estimate of drug-likeness (QED) is 0.576. The van der Waals surface area contributed by atoms with E-state index in [1.807, 2.05) is 0 Å². The van der Waals surface area contributed by atoms with Crippen LogP contribution in [0.5, 0.6) is 0 Å². The normalized spacial score (nSPS) is 11.5. The fraction of sp³-hybridized carbons (Fsp3) is 0.0769. The summed E-state index contributed by atoms with van der Waals surface area (Å²) in [6.45, 7) is -0.00193. The minimum atomic E-state index is -4.02. The van der Waals surface area contributed by atoms with Gasteiger partial charge < -0.3 is 5.11 Å². The van der Waals surface area contributed by atoms with E-state index in [0.29, 0.717) is 5.56 Å². The van der Waals surface area contributed by atoms with Crippen LogP contribution in [0.1, 0.15) is 15.9 Å². The molecular formula is C13H12N6O4S. The summed E-state index contributed by atoms with van der Waals surface area (Å²) >= 11 is 0. The standard InChI is InChI=1S/C13H12N6O4S/c20-13(21)11-6-15-18-12(11)24(22,23)17-5-9-1-3-10(4-2-9)19-8-14-7-16-19/h1-4,6-8,17H,5H2,(H,15,18)(H,20,21). The highest BCUT2D eigenvalue weighted by atomic mass is 32.2. The molecule has 0 radical (unpaired) electrons. The van der Waals surface area contributed by atoms with E-state index in [0.717, 1.165) is 11.9 Å². The van der Waals surface area contributed by atoms with Gasteiger partial charge in [-0.15, -0.1) is 0 Å². The maximum Gasteiger partial charge on any atom is 0.340 e. The SMILES string of the molecule is O=C(O)c1cn[nH]c1S(=O)(=O)NCc1ccc(-n2cncn2)cc1. The number of carbonyl (C=O) groups is 1. The lowest BCUT2D eigenvalue weighted by molar-refractivity contribution is 0.0692. The number of H-pyrrole nitrogens is 1. The maximum absolute atomic E-state index is 12.2. The molecule has 3 aromatic rings. The first-order chi connectivity index (χ1) is 11.5. The Bertz CT molecular complexity index is 947. The molecular weight excluding hydrogens is 336 g/mol. The fourth-order valence-corrected chi connectivity index (χ4v) is 3.09. The highest BCUT2D eigenvalue weighted by Gasteiger charge is 2.24. The molecule has 24 heavy (non-hydrogen) atoms. The van der Waals surface area contributed by atoms with Crippen molar-refractivity contribution in [3.63, 3.8) is 0 Å². The number of nitrogens with zero attached hydrogens (tertiary/aromatic N) is 4. The summed E-state index contributed by atoms with van der Waals surface area (Å²) in [6, 6.07) is 6.98. The average Bonchev–Trinajstić information content (AvgIpc) is 3.25. The zero-order chi connectivity index (χ0) is 17.2. The Hall–Kier alpha value is -3.05. The van der Waals surface area contributed by atoms with Crippen molar-refractivity contribution < 1.29 is 18.3 Å². The van der Waals surface area contributed by atoms with Gasteiger partial charge >= 0.3 is 5.97 Å². The summed E-state index contributed by atoms with van der Waals surface area (Å²) in [6.07, 6.45) is 3.90. The van der Waals surface area contributed by atoms with Crippen LogP contribution in [0.2, 0.25) is 0 Å². The van der Waals surface area contributed by atoms with Crippen LogP contribution in [0.4, 0.5) is 0 Å². The number of aromatic carboxylic acids is 1. The second kappa shape index (κ2) is 6.22. The number of hydrogen-bond donors (Lipinski definition) is 3. The zero-order valence-electron chi connectivity index (χ0n) is 12.1. The lowest BCUT2D eigenvalue weighted by Gasteiger charge is -2.07. The van der Waals surface area contributed by atoms with Gasteiger partial charge in [-0.25, -0.2) is 27.6 Å². The van der Waals surface area contributed by atoms with Gasteiger partial charge in [0.25, 0.3) is 10.0 Å². The third-order valence-corrected chi connectivity index (χ3v) is 4.56. The first kappa shape index (κ1) is 15.8. The highest BCUT2D eigenvalue weighted by molar-refractivity contribution is 7.89. The Labute approximate surface area is 136 Å². The number of rotatable bonds is 6. The molecule has 1 aromatic carbocycles. The van der Waals surface area contributed by atoms with Gasteiger partial charge in [-0.05, 0) is 17.7 Å². The Morgan fingerprint density at radius 1 is 1.29 bits per heavy atom. The average molecular weight is 348 g/mol. The molecule has 2 aromatic heterocycles. The fourth-order valence-electron chi connectivity index (χ4n) is 1.99. The van der Waals surface area contributed by atoms with Crippen molar-refractivity contribution in [3.8, 4) is 5.69 Å². The first-order valence-corrected chi connectivity index (χ1v) is 8.16. The second-order valence-corrected chi connectivity index (χ2v) is 6.45. The highest BCUT2D eigenvalue weighted by Crippen LogP contribution is 2.13. The summed E-state index contributed by atoms with van der Waals surface area (Å²) in [5, 5.41) is 18.1. The van der Waals surface area contributed by atoms with E-state index < -0.39 is 26.6 Å². The Morgan fingerprint density at radius 2 is 2.04 bits per heavy atom. The maximum atomic E-state index is 12.2.